The smallest absolute Gasteiger partial charge is 0.308 e. The van der Waals surface area contributed by atoms with Crippen molar-refractivity contribution in [3.8, 4) is 0 Å². The number of hydrogen-bond donors (Lipinski definition) is 1. The molecule has 0 heterocycles. The molecule has 0 aliphatic heterocycles. The zero-order chi connectivity index (χ0) is 15.2. The molecule has 0 bridgehead atoms. The van der Waals surface area contributed by atoms with Gasteiger partial charge in [0.15, 0.2) is 0 Å². The first kappa shape index (κ1) is 15.8. The van der Waals surface area contributed by atoms with Gasteiger partial charge in [-0.15, -0.1) is 0 Å². The number of nitrogens with one attached hydrogen (secondary N) is 1. The molecule has 1 aromatic carbocycles. The zero-order valence-electron chi connectivity index (χ0n) is 12.1. The predicted molar refractivity (Wildman–Crippen MR) is 81.1 cm³/mol. The summed E-state index contributed by atoms with van der Waals surface area (Å²) in [6.07, 6.45) is 3.56. The molecule has 21 heavy (non-hydrogen) atoms. The van der Waals surface area contributed by atoms with Gasteiger partial charge < -0.3 is 10.1 Å². The Morgan fingerprint density at radius 2 is 1.81 bits per heavy atom. The minimum absolute atomic E-state index is 0.0128. The fourth-order valence-corrected chi connectivity index (χ4v) is 2.83. The summed E-state index contributed by atoms with van der Waals surface area (Å²) >= 11 is 5.82. The van der Waals surface area contributed by atoms with Crippen molar-refractivity contribution in [1.82, 2.24) is 5.32 Å². The van der Waals surface area contributed by atoms with Gasteiger partial charge in [0.05, 0.1) is 19.4 Å². The van der Waals surface area contributed by atoms with Crippen LogP contribution in [0, 0.1) is 5.92 Å². The average Bonchev–Trinajstić information content (AvgIpc) is 2.49. The summed E-state index contributed by atoms with van der Waals surface area (Å²) in [6.45, 7) is 0. The maximum atomic E-state index is 12.0. The molecule has 0 unspecified atom stereocenters. The Bertz CT molecular complexity index is 493. The van der Waals surface area contributed by atoms with E-state index in [1.54, 1.807) is 12.1 Å². The van der Waals surface area contributed by atoms with E-state index in [-0.39, 0.29) is 23.8 Å². The Morgan fingerprint density at radius 3 is 2.38 bits per heavy atom. The number of halogens is 1. The van der Waals surface area contributed by atoms with Crippen molar-refractivity contribution in [1.29, 1.82) is 0 Å². The highest BCUT2D eigenvalue weighted by molar-refractivity contribution is 6.30. The van der Waals surface area contributed by atoms with Crippen molar-refractivity contribution in [3.05, 3.63) is 34.9 Å². The van der Waals surface area contributed by atoms with Crippen LogP contribution < -0.4 is 5.32 Å². The molecule has 5 heteroatoms. The summed E-state index contributed by atoms with van der Waals surface area (Å²) in [6, 6.07) is 7.44. The fraction of sp³-hybridized carbons (Fsp3) is 0.500. The lowest BCUT2D eigenvalue weighted by Gasteiger charge is -2.27. The zero-order valence-corrected chi connectivity index (χ0v) is 12.9. The monoisotopic (exact) mass is 309 g/mol. The van der Waals surface area contributed by atoms with E-state index >= 15 is 0 Å². The van der Waals surface area contributed by atoms with Gasteiger partial charge in [0.1, 0.15) is 0 Å². The molecule has 0 saturated heterocycles. The van der Waals surface area contributed by atoms with Crippen molar-refractivity contribution in [2.75, 3.05) is 7.11 Å². The first-order chi connectivity index (χ1) is 10.1. The summed E-state index contributed by atoms with van der Waals surface area (Å²) in [5.41, 5.74) is 0.945. The molecule has 0 aromatic heterocycles. The van der Waals surface area contributed by atoms with Gasteiger partial charge in [-0.2, -0.15) is 0 Å². The summed E-state index contributed by atoms with van der Waals surface area (Å²) in [7, 11) is 1.42. The topological polar surface area (TPSA) is 55.4 Å². The Labute approximate surface area is 129 Å². The molecular weight excluding hydrogens is 290 g/mol. The summed E-state index contributed by atoms with van der Waals surface area (Å²) in [4.78, 5) is 23.4. The molecule has 2 rings (SSSR count). The van der Waals surface area contributed by atoms with Gasteiger partial charge in [-0.05, 0) is 43.4 Å². The lowest BCUT2D eigenvalue weighted by molar-refractivity contribution is -0.146. The van der Waals surface area contributed by atoms with E-state index in [4.69, 9.17) is 16.3 Å². The van der Waals surface area contributed by atoms with E-state index in [0.717, 1.165) is 31.2 Å². The predicted octanol–water partition coefficient (Wildman–Crippen LogP) is 2.73. The number of rotatable bonds is 4. The first-order valence-electron chi connectivity index (χ1n) is 7.20. The van der Waals surface area contributed by atoms with Gasteiger partial charge in [0.25, 0.3) is 0 Å². The molecule has 4 nitrogen and oxygen atoms in total. The molecular formula is C16H20ClNO3. The number of benzene rings is 1. The number of methoxy groups -OCH3 is 1. The third-order valence-electron chi connectivity index (χ3n) is 3.90. The lowest BCUT2D eigenvalue weighted by Crippen LogP contribution is -2.39. The molecule has 1 aliphatic carbocycles. The lowest BCUT2D eigenvalue weighted by atomic mass is 9.86. The first-order valence-corrected chi connectivity index (χ1v) is 7.58. The highest BCUT2D eigenvalue weighted by Crippen LogP contribution is 2.25. The van der Waals surface area contributed by atoms with Gasteiger partial charge in [-0.1, -0.05) is 23.7 Å². The van der Waals surface area contributed by atoms with Gasteiger partial charge >= 0.3 is 5.97 Å². The van der Waals surface area contributed by atoms with Crippen LogP contribution >= 0.6 is 11.6 Å². The molecule has 0 radical (unpaired) electrons. The van der Waals surface area contributed by atoms with E-state index in [9.17, 15) is 9.59 Å². The Kier molecular flexibility index (Phi) is 5.62. The highest BCUT2D eigenvalue weighted by Gasteiger charge is 2.27. The maximum Gasteiger partial charge on any atom is 0.308 e. The van der Waals surface area contributed by atoms with Crippen molar-refractivity contribution in [2.24, 2.45) is 5.92 Å². The van der Waals surface area contributed by atoms with Crippen LogP contribution in [0.3, 0.4) is 0 Å². The van der Waals surface area contributed by atoms with Crippen LogP contribution in [0.2, 0.25) is 5.02 Å². The van der Waals surface area contributed by atoms with E-state index < -0.39 is 0 Å². The molecule has 1 fully saturated rings. The Hall–Kier alpha value is -1.55. The SMILES string of the molecule is COC(=O)C1CCC(NC(=O)Cc2ccc(Cl)cc2)CC1. The number of carbonyl (C=O) groups excluding carboxylic acids is 2. The Morgan fingerprint density at radius 1 is 1.19 bits per heavy atom. The summed E-state index contributed by atoms with van der Waals surface area (Å²) < 4.78 is 4.76. The van der Waals surface area contributed by atoms with E-state index in [1.165, 1.54) is 7.11 Å². The number of carbonyl (C=O) groups is 2. The van der Waals surface area contributed by atoms with Crippen LogP contribution in [0.25, 0.3) is 0 Å². The molecule has 1 aliphatic rings. The van der Waals surface area contributed by atoms with Crippen molar-refractivity contribution < 1.29 is 14.3 Å². The number of esters is 1. The maximum absolute atomic E-state index is 12.0. The molecule has 0 atom stereocenters. The Balaban J connectivity index is 1.76. The number of amides is 1. The van der Waals surface area contributed by atoms with E-state index in [0.29, 0.717) is 11.4 Å². The van der Waals surface area contributed by atoms with Crippen LogP contribution in [0.5, 0.6) is 0 Å². The second-order valence-electron chi connectivity index (χ2n) is 5.44. The third kappa shape index (κ3) is 4.74. The molecule has 1 amide bonds. The third-order valence-corrected chi connectivity index (χ3v) is 4.16. The fourth-order valence-electron chi connectivity index (χ4n) is 2.71. The second kappa shape index (κ2) is 7.46. The molecule has 1 saturated carbocycles. The van der Waals surface area contributed by atoms with Crippen molar-refractivity contribution in [2.45, 2.75) is 38.1 Å². The summed E-state index contributed by atoms with van der Waals surface area (Å²) in [5, 5.41) is 3.70. The highest BCUT2D eigenvalue weighted by atomic mass is 35.5. The molecule has 1 N–H and O–H groups in total. The van der Waals surface area contributed by atoms with E-state index in [2.05, 4.69) is 5.32 Å². The minimum Gasteiger partial charge on any atom is -0.469 e. The van der Waals surface area contributed by atoms with Crippen LogP contribution in [-0.2, 0) is 20.7 Å². The van der Waals surface area contributed by atoms with Crippen molar-refractivity contribution in [3.63, 3.8) is 0 Å². The minimum atomic E-state index is -0.138. The quantitative estimate of drug-likeness (QED) is 0.870. The number of ether oxygens (including phenoxy) is 1. The average molecular weight is 310 g/mol. The van der Waals surface area contributed by atoms with Crippen LogP contribution in [0.1, 0.15) is 31.2 Å². The van der Waals surface area contributed by atoms with Gasteiger partial charge in [0, 0.05) is 11.1 Å². The molecule has 0 spiro atoms. The standard InChI is InChI=1S/C16H20ClNO3/c1-21-16(20)12-4-8-14(9-5-12)18-15(19)10-11-2-6-13(17)7-3-11/h2-3,6-7,12,14H,4-5,8-10H2,1H3,(H,18,19). The normalized spacial score (nSPS) is 21.6. The van der Waals surface area contributed by atoms with E-state index in [1.807, 2.05) is 12.1 Å². The van der Waals surface area contributed by atoms with Gasteiger partial charge in [-0.3, -0.25) is 9.59 Å². The summed E-state index contributed by atoms with van der Waals surface area (Å²) in [5.74, 6) is -0.140. The second-order valence-corrected chi connectivity index (χ2v) is 5.88. The van der Waals surface area contributed by atoms with Crippen molar-refractivity contribution >= 4 is 23.5 Å². The molecule has 1 aromatic rings. The number of hydrogen-bond acceptors (Lipinski definition) is 3. The van der Waals surface area contributed by atoms with Gasteiger partial charge in [-0.25, -0.2) is 0 Å². The largest absolute Gasteiger partial charge is 0.469 e. The van der Waals surface area contributed by atoms with Crippen LogP contribution in [-0.4, -0.2) is 25.0 Å². The molecule has 114 valence electrons. The van der Waals surface area contributed by atoms with Crippen LogP contribution in [0.4, 0.5) is 0 Å². The van der Waals surface area contributed by atoms with Crippen LogP contribution in [0.15, 0.2) is 24.3 Å². The van der Waals surface area contributed by atoms with Gasteiger partial charge in [0.2, 0.25) is 5.91 Å².